The normalized spacial score (nSPS) is 17.1. The first-order valence-corrected chi connectivity index (χ1v) is 8.58. The summed E-state index contributed by atoms with van der Waals surface area (Å²) in [4.78, 5) is 29.2. The van der Waals surface area contributed by atoms with Crippen molar-refractivity contribution in [3.05, 3.63) is 35.8 Å². The van der Waals surface area contributed by atoms with Gasteiger partial charge in [-0.3, -0.25) is 4.68 Å². The predicted octanol–water partition coefficient (Wildman–Crippen LogP) is 1.46. The maximum atomic E-state index is 11.7. The summed E-state index contributed by atoms with van der Waals surface area (Å²) in [5.74, 6) is -0.318. The zero-order valence-corrected chi connectivity index (χ0v) is 14.5. The number of carboxylic acids is 1. The molecule has 0 aliphatic carbocycles. The highest BCUT2D eigenvalue weighted by atomic mass is 16.5. The van der Waals surface area contributed by atoms with Gasteiger partial charge in [0, 0.05) is 25.8 Å². The van der Waals surface area contributed by atoms with E-state index in [4.69, 9.17) is 9.84 Å². The topological polar surface area (TPSA) is 110 Å². The van der Waals surface area contributed by atoms with Crippen molar-refractivity contribution in [2.45, 2.75) is 26.3 Å². The van der Waals surface area contributed by atoms with E-state index in [9.17, 15) is 9.59 Å². The summed E-state index contributed by atoms with van der Waals surface area (Å²) in [5, 5.41) is 16.4. The second-order valence-corrected chi connectivity index (χ2v) is 6.21. The molecule has 26 heavy (non-hydrogen) atoms. The average molecular weight is 359 g/mol. The van der Waals surface area contributed by atoms with Gasteiger partial charge in [0.1, 0.15) is 5.82 Å². The van der Waals surface area contributed by atoms with E-state index in [1.165, 1.54) is 12.4 Å². The van der Waals surface area contributed by atoms with Crippen molar-refractivity contribution >= 4 is 17.8 Å². The molecule has 9 heteroatoms. The molecular formula is C17H21N5O4. The molecule has 0 spiro atoms. The van der Waals surface area contributed by atoms with Crippen molar-refractivity contribution in [3.8, 4) is 0 Å². The molecule has 3 rings (SSSR count). The molecule has 1 aliphatic rings. The Bertz CT molecular complexity index is 774. The first-order valence-electron chi connectivity index (χ1n) is 8.58. The van der Waals surface area contributed by atoms with Gasteiger partial charge in [-0.2, -0.15) is 0 Å². The third kappa shape index (κ3) is 4.16. The van der Waals surface area contributed by atoms with Gasteiger partial charge in [-0.25, -0.2) is 14.6 Å². The Kier molecular flexibility index (Phi) is 5.45. The van der Waals surface area contributed by atoms with Crippen molar-refractivity contribution in [2.75, 3.05) is 24.6 Å². The van der Waals surface area contributed by atoms with Crippen LogP contribution in [0.3, 0.4) is 0 Å². The number of hydrogen-bond acceptors (Lipinski definition) is 7. The minimum absolute atomic E-state index is 0.0473. The monoisotopic (exact) mass is 359 g/mol. The number of aromatic carboxylic acids is 1. The van der Waals surface area contributed by atoms with E-state index in [0.29, 0.717) is 24.6 Å². The van der Waals surface area contributed by atoms with Gasteiger partial charge in [0.2, 0.25) is 0 Å². The van der Waals surface area contributed by atoms with Gasteiger partial charge in [0.05, 0.1) is 18.4 Å². The van der Waals surface area contributed by atoms with Gasteiger partial charge < -0.3 is 14.7 Å². The highest BCUT2D eigenvalue weighted by molar-refractivity contribution is 5.89. The van der Waals surface area contributed by atoms with Crippen molar-refractivity contribution in [1.29, 1.82) is 0 Å². The fraction of sp³-hybridized carbons (Fsp3) is 0.471. The van der Waals surface area contributed by atoms with Crippen molar-refractivity contribution in [2.24, 2.45) is 5.92 Å². The molecule has 0 amide bonds. The number of hydrogen-bond donors (Lipinski definition) is 1. The van der Waals surface area contributed by atoms with Gasteiger partial charge in [0.15, 0.2) is 5.69 Å². The van der Waals surface area contributed by atoms with Crippen LogP contribution < -0.4 is 4.90 Å². The molecular weight excluding hydrogens is 338 g/mol. The van der Waals surface area contributed by atoms with Gasteiger partial charge in [-0.1, -0.05) is 5.21 Å². The Balaban J connectivity index is 1.62. The summed E-state index contributed by atoms with van der Waals surface area (Å²) in [6.45, 7) is 4.38. The Labute approximate surface area is 150 Å². The lowest BCUT2D eigenvalue weighted by Gasteiger charge is -2.33. The van der Waals surface area contributed by atoms with Crippen LogP contribution in [0.2, 0.25) is 0 Å². The Morgan fingerprint density at radius 2 is 2.23 bits per heavy atom. The van der Waals surface area contributed by atoms with Crippen LogP contribution in [-0.4, -0.2) is 56.7 Å². The zero-order chi connectivity index (χ0) is 18.5. The number of rotatable bonds is 6. The van der Waals surface area contributed by atoms with E-state index >= 15 is 0 Å². The number of pyridine rings is 1. The Morgan fingerprint density at radius 1 is 1.38 bits per heavy atom. The van der Waals surface area contributed by atoms with E-state index in [-0.39, 0.29) is 11.7 Å². The van der Waals surface area contributed by atoms with Gasteiger partial charge in [-0.15, -0.1) is 5.10 Å². The third-order valence-electron chi connectivity index (χ3n) is 4.31. The summed E-state index contributed by atoms with van der Waals surface area (Å²) in [6, 6.07) is 3.55. The van der Waals surface area contributed by atoms with Crippen molar-refractivity contribution in [3.63, 3.8) is 0 Å². The third-order valence-corrected chi connectivity index (χ3v) is 4.31. The second kappa shape index (κ2) is 7.94. The zero-order valence-electron chi connectivity index (χ0n) is 14.5. The number of anilines is 1. The van der Waals surface area contributed by atoms with Crippen molar-refractivity contribution < 1.29 is 19.4 Å². The Morgan fingerprint density at radius 3 is 2.88 bits per heavy atom. The molecule has 1 fully saturated rings. The van der Waals surface area contributed by atoms with Crippen LogP contribution in [0.15, 0.2) is 24.5 Å². The summed E-state index contributed by atoms with van der Waals surface area (Å²) in [7, 11) is 0. The highest BCUT2D eigenvalue weighted by Gasteiger charge is 2.22. The van der Waals surface area contributed by atoms with E-state index in [1.807, 2.05) is 6.07 Å². The first-order chi connectivity index (χ1) is 12.6. The maximum absolute atomic E-state index is 11.7. The largest absolute Gasteiger partial charge is 0.476 e. The molecule has 0 saturated carbocycles. The van der Waals surface area contributed by atoms with Crippen LogP contribution in [0.5, 0.6) is 0 Å². The molecule has 1 N–H and O–H groups in total. The SMILES string of the molecule is CCOC(=O)c1ccc(N2CCC[C@@H](Cn3cc(C(=O)O)nn3)C2)nc1. The van der Waals surface area contributed by atoms with Gasteiger partial charge in [0.25, 0.3) is 0 Å². The highest BCUT2D eigenvalue weighted by Crippen LogP contribution is 2.23. The van der Waals surface area contributed by atoms with Crippen molar-refractivity contribution in [1.82, 2.24) is 20.0 Å². The molecule has 138 valence electrons. The number of carbonyl (C=O) groups excluding carboxylic acids is 1. The van der Waals surface area contributed by atoms with Gasteiger partial charge in [-0.05, 0) is 37.8 Å². The second-order valence-electron chi connectivity index (χ2n) is 6.21. The van der Waals surface area contributed by atoms with Crippen LogP contribution in [0, 0.1) is 5.92 Å². The standard InChI is InChI=1S/C17H21N5O4/c1-2-26-17(25)13-5-6-15(18-8-13)21-7-3-4-12(9-21)10-22-11-14(16(23)24)19-20-22/h5-6,8,11-12H,2-4,7,9-10H2,1H3,(H,23,24)/t12-/m1/s1. The molecule has 1 saturated heterocycles. The molecule has 0 radical (unpaired) electrons. The lowest BCUT2D eigenvalue weighted by atomic mass is 9.98. The number of aromatic nitrogens is 4. The van der Waals surface area contributed by atoms with E-state index < -0.39 is 5.97 Å². The van der Waals surface area contributed by atoms with Crippen LogP contribution in [0.25, 0.3) is 0 Å². The molecule has 2 aromatic heterocycles. The molecule has 2 aromatic rings. The molecule has 9 nitrogen and oxygen atoms in total. The smallest absolute Gasteiger partial charge is 0.358 e. The molecule has 3 heterocycles. The lowest BCUT2D eigenvalue weighted by molar-refractivity contribution is 0.0525. The van der Waals surface area contributed by atoms with Crippen LogP contribution >= 0.6 is 0 Å². The minimum Gasteiger partial charge on any atom is -0.476 e. The molecule has 0 unspecified atom stereocenters. The van der Waals surface area contributed by atoms with E-state index in [2.05, 4.69) is 20.2 Å². The fourth-order valence-electron chi connectivity index (χ4n) is 3.08. The first kappa shape index (κ1) is 17.8. The minimum atomic E-state index is -1.08. The summed E-state index contributed by atoms with van der Waals surface area (Å²) >= 11 is 0. The summed E-state index contributed by atoms with van der Waals surface area (Å²) < 4.78 is 6.54. The van der Waals surface area contributed by atoms with E-state index in [1.54, 1.807) is 17.7 Å². The van der Waals surface area contributed by atoms with E-state index in [0.717, 1.165) is 31.7 Å². The number of nitrogens with zero attached hydrogens (tertiary/aromatic N) is 5. The maximum Gasteiger partial charge on any atom is 0.358 e. The van der Waals surface area contributed by atoms with Crippen LogP contribution in [-0.2, 0) is 11.3 Å². The number of piperidine rings is 1. The molecule has 0 bridgehead atoms. The number of carboxylic acid groups (broad SMARTS) is 1. The molecule has 0 aromatic carbocycles. The summed E-state index contributed by atoms with van der Waals surface area (Å²) in [6.07, 6.45) is 5.02. The number of carbonyl (C=O) groups is 2. The number of ether oxygens (including phenoxy) is 1. The van der Waals surface area contributed by atoms with Crippen LogP contribution in [0.4, 0.5) is 5.82 Å². The quantitative estimate of drug-likeness (QED) is 0.772. The fourth-order valence-corrected chi connectivity index (χ4v) is 3.08. The Hall–Kier alpha value is -2.97. The number of esters is 1. The molecule has 1 atom stereocenters. The van der Waals surface area contributed by atoms with Crippen LogP contribution in [0.1, 0.15) is 40.6 Å². The molecule has 1 aliphatic heterocycles. The summed E-state index contributed by atoms with van der Waals surface area (Å²) in [5.41, 5.74) is 0.391. The lowest BCUT2D eigenvalue weighted by Crippen LogP contribution is -2.37. The predicted molar refractivity (Wildman–Crippen MR) is 92.1 cm³/mol. The average Bonchev–Trinajstić information content (AvgIpc) is 3.11. The van der Waals surface area contributed by atoms with Gasteiger partial charge >= 0.3 is 11.9 Å².